The Morgan fingerprint density at radius 2 is 1.59 bits per heavy atom. The van der Waals surface area contributed by atoms with Gasteiger partial charge in [0.1, 0.15) is 6.61 Å². The second kappa shape index (κ2) is 6.89. The molecule has 0 saturated heterocycles. The van der Waals surface area contributed by atoms with E-state index < -0.39 is 12.8 Å². The molecule has 0 unspecified atom stereocenters. The molecule has 2 nitrogen and oxygen atoms in total. The third-order valence-electron chi connectivity index (χ3n) is 3.04. The molecule has 5 heteroatoms. The van der Waals surface area contributed by atoms with E-state index in [1.807, 2.05) is 0 Å². The van der Waals surface area contributed by atoms with Gasteiger partial charge < -0.3 is 9.47 Å². The fourth-order valence-corrected chi connectivity index (χ4v) is 2.11. The molecular weight excluding hydrogens is 233 g/mol. The first-order valence-corrected chi connectivity index (χ1v) is 5.88. The first-order valence-electron chi connectivity index (χ1n) is 5.88. The Kier molecular flexibility index (Phi) is 5.82. The van der Waals surface area contributed by atoms with Crippen LogP contribution in [0.1, 0.15) is 25.7 Å². The average molecular weight is 252 g/mol. The van der Waals surface area contributed by atoms with E-state index >= 15 is 0 Å². The molecule has 0 N–H and O–H groups in total. The van der Waals surface area contributed by atoms with Crippen molar-refractivity contribution in [2.75, 3.05) is 19.8 Å². The van der Waals surface area contributed by atoms with Gasteiger partial charge in [-0.25, -0.2) is 0 Å². The van der Waals surface area contributed by atoms with Crippen LogP contribution in [0.5, 0.6) is 0 Å². The summed E-state index contributed by atoms with van der Waals surface area (Å²) in [6.45, 7) is 3.23. The van der Waals surface area contributed by atoms with Crippen molar-refractivity contribution in [3.8, 4) is 0 Å². The number of alkyl halides is 3. The molecule has 1 aliphatic carbocycles. The van der Waals surface area contributed by atoms with Gasteiger partial charge in [0.05, 0.1) is 12.9 Å². The molecular formula is C12H19F3O2. The van der Waals surface area contributed by atoms with E-state index in [-0.39, 0.29) is 12.5 Å². The lowest BCUT2D eigenvalue weighted by Crippen LogP contribution is -2.24. The van der Waals surface area contributed by atoms with Crippen molar-refractivity contribution >= 4 is 0 Å². The molecule has 0 aromatic heterocycles. The fourth-order valence-electron chi connectivity index (χ4n) is 2.11. The Morgan fingerprint density at radius 1 is 1.06 bits per heavy atom. The lowest BCUT2D eigenvalue weighted by Gasteiger charge is -2.27. The van der Waals surface area contributed by atoms with Crippen LogP contribution in [0.25, 0.3) is 0 Å². The summed E-state index contributed by atoms with van der Waals surface area (Å²) in [5.41, 5.74) is 0. The molecule has 0 bridgehead atoms. The molecule has 0 aromatic rings. The minimum absolute atomic E-state index is 0.217. The van der Waals surface area contributed by atoms with Crippen molar-refractivity contribution in [2.45, 2.75) is 31.9 Å². The van der Waals surface area contributed by atoms with Crippen LogP contribution in [0.2, 0.25) is 0 Å². The van der Waals surface area contributed by atoms with Crippen LogP contribution >= 0.6 is 0 Å². The summed E-state index contributed by atoms with van der Waals surface area (Å²) in [6.07, 6.45) is 1.04. The van der Waals surface area contributed by atoms with Gasteiger partial charge >= 0.3 is 6.18 Å². The fraction of sp³-hybridized carbons (Fsp3) is 0.833. The number of hydrogen-bond donors (Lipinski definition) is 0. The van der Waals surface area contributed by atoms with Crippen LogP contribution in [0.15, 0.2) is 12.8 Å². The lowest BCUT2D eigenvalue weighted by molar-refractivity contribution is -0.177. The standard InChI is InChI=1S/C12H19F3O2/c1-2-16-7-10-3-5-11(6-4-10)8-17-9-12(13,14)15/h2,10-11H,1,3-9H2. The maximum Gasteiger partial charge on any atom is 0.411 e. The molecule has 0 radical (unpaired) electrons. The molecule has 0 spiro atoms. The second-order valence-electron chi connectivity index (χ2n) is 4.52. The molecule has 100 valence electrons. The Bertz CT molecular complexity index is 220. The van der Waals surface area contributed by atoms with Gasteiger partial charge in [-0.15, -0.1) is 0 Å². The summed E-state index contributed by atoms with van der Waals surface area (Å²) in [5, 5.41) is 0. The highest BCUT2D eigenvalue weighted by atomic mass is 19.4. The summed E-state index contributed by atoms with van der Waals surface area (Å²) in [7, 11) is 0. The molecule has 0 aliphatic heterocycles. The number of hydrogen-bond acceptors (Lipinski definition) is 2. The largest absolute Gasteiger partial charge is 0.502 e. The SMILES string of the molecule is C=COCC1CCC(COCC(F)(F)F)CC1. The summed E-state index contributed by atoms with van der Waals surface area (Å²) in [4.78, 5) is 0. The van der Waals surface area contributed by atoms with Crippen LogP contribution in [0, 0.1) is 11.8 Å². The van der Waals surface area contributed by atoms with E-state index in [0.29, 0.717) is 12.5 Å². The average Bonchev–Trinajstić information content (AvgIpc) is 2.26. The highest BCUT2D eigenvalue weighted by Crippen LogP contribution is 2.29. The van der Waals surface area contributed by atoms with Crippen molar-refractivity contribution in [1.29, 1.82) is 0 Å². The summed E-state index contributed by atoms with van der Waals surface area (Å²) >= 11 is 0. The van der Waals surface area contributed by atoms with Crippen molar-refractivity contribution in [3.63, 3.8) is 0 Å². The lowest BCUT2D eigenvalue weighted by atomic mass is 9.83. The highest BCUT2D eigenvalue weighted by molar-refractivity contribution is 4.73. The zero-order valence-electron chi connectivity index (χ0n) is 9.84. The van der Waals surface area contributed by atoms with E-state index in [2.05, 4.69) is 11.3 Å². The summed E-state index contributed by atoms with van der Waals surface area (Å²) < 4.78 is 45.4. The zero-order valence-corrected chi connectivity index (χ0v) is 9.84. The van der Waals surface area contributed by atoms with Gasteiger partial charge in [0.2, 0.25) is 0 Å². The van der Waals surface area contributed by atoms with Crippen LogP contribution in [0.4, 0.5) is 13.2 Å². The first-order chi connectivity index (χ1) is 8.01. The predicted molar refractivity (Wildman–Crippen MR) is 58.5 cm³/mol. The third-order valence-corrected chi connectivity index (χ3v) is 3.04. The number of rotatable bonds is 6. The van der Waals surface area contributed by atoms with Gasteiger partial charge in [0, 0.05) is 6.61 Å². The maximum atomic E-state index is 11.9. The quantitative estimate of drug-likeness (QED) is 0.673. The highest BCUT2D eigenvalue weighted by Gasteiger charge is 2.28. The van der Waals surface area contributed by atoms with Crippen LogP contribution in [0.3, 0.4) is 0 Å². The van der Waals surface area contributed by atoms with Crippen molar-refractivity contribution < 1.29 is 22.6 Å². The third kappa shape index (κ3) is 6.56. The van der Waals surface area contributed by atoms with E-state index in [0.717, 1.165) is 25.7 Å². The molecule has 0 amide bonds. The molecule has 0 heterocycles. The van der Waals surface area contributed by atoms with Crippen molar-refractivity contribution in [3.05, 3.63) is 12.8 Å². The van der Waals surface area contributed by atoms with Gasteiger partial charge in [0.25, 0.3) is 0 Å². The van der Waals surface area contributed by atoms with E-state index in [4.69, 9.17) is 4.74 Å². The van der Waals surface area contributed by atoms with Crippen LogP contribution < -0.4 is 0 Å². The topological polar surface area (TPSA) is 18.5 Å². The summed E-state index contributed by atoms with van der Waals surface area (Å²) in [5.74, 6) is 0.768. The molecule has 1 fully saturated rings. The second-order valence-corrected chi connectivity index (χ2v) is 4.52. The molecule has 1 aliphatic rings. The smallest absolute Gasteiger partial charge is 0.411 e. The summed E-state index contributed by atoms with van der Waals surface area (Å²) in [6, 6.07) is 0. The molecule has 1 saturated carbocycles. The zero-order chi connectivity index (χ0) is 12.7. The maximum absolute atomic E-state index is 11.9. The van der Waals surface area contributed by atoms with Gasteiger partial charge in [-0.1, -0.05) is 6.58 Å². The van der Waals surface area contributed by atoms with Crippen LogP contribution in [-0.2, 0) is 9.47 Å². The minimum Gasteiger partial charge on any atom is -0.502 e. The van der Waals surface area contributed by atoms with Gasteiger partial charge in [0.15, 0.2) is 0 Å². The Labute approximate surface area is 99.8 Å². The molecule has 0 aromatic carbocycles. The number of ether oxygens (including phenoxy) is 2. The van der Waals surface area contributed by atoms with E-state index in [9.17, 15) is 13.2 Å². The van der Waals surface area contributed by atoms with Gasteiger partial charge in [-0.3, -0.25) is 0 Å². The Balaban J connectivity index is 2.08. The first kappa shape index (κ1) is 14.4. The normalized spacial score (nSPS) is 25.6. The van der Waals surface area contributed by atoms with E-state index in [1.54, 1.807) is 0 Å². The van der Waals surface area contributed by atoms with Gasteiger partial charge in [-0.05, 0) is 37.5 Å². The molecule has 1 rings (SSSR count). The van der Waals surface area contributed by atoms with Crippen molar-refractivity contribution in [1.82, 2.24) is 0 Å². The molecule has 17 heavy (non-hydrogen) atoms. The minimum atomic E-state index is -4.21. The molecule has 0 atom stereocenters. The van der Waals surface area contributed by atoms with Crippen LogP contribution in [-0.4, -0.2) is 26.0 Å². The van der Waals surface area contributed by atoms with Crippen molar-refractivity contribution in [2.24, 2.45) is 11.8 Å². The van der Waals surface area contributed by atoms with E-state index in [1.165, 1.54) is 6.26 Å². The Morgan fingerprint density at radius 3 is 2.06 bits per heavy atom. The monoisotopic (exact) mass is 252 g/mol. The number of halogens is 3. The van der Waals surface area contributed by atoms with Gasteiger partial charge in [-0.2, -0.15) is 13.2 Å². The predicted octanol–water partition coefficient (Wildman–Crippen LogP) is 3.53. The Hall–Kier alpha value is -0.710.